The molecule has 0 aliphatic heterocycles. The molecule has 60 heavy (non-hydrogen) atoms. The molecule has 0 aromatic heterocycles. The molecule has 24 heteroatoms. The standard InChI is InChI=1S/C36H73N8O15P/c1-7-60(50,51-6)59-36(4,5)14-18-55-35(2,3)13-12-32(47)44-29(34(49)42-17-21-54-24-27-58-39)9-11-31(46)43-28(33(48)41-16-20-53-23-26-57-38)8-10-30(45)40-15-19-52-22-25-56-37/h28-29H,7-27,37-39H2,1-6H3,(H,40,45)(H,41,48)(H,42,49)(H,43,46)(H,44,47). The third-order valence-corrected chi connectivity index (χ3v) is 10.6. The van der Waals surface area contributed by atoms with Gasteiger partial charge in [0.1, 0.15) is 12.1 Å². The number of hydrogen-bond acceptors (Lipinski definition) is 18. The molecule has 0 bridgehead atoms. The van der Waals surface area contributed by atoms with Gasteiger partial charge in [-0.1, -0.05) is 6.92 Å². The van der Waals surface area contributed by atoms with E-state index < -0.39 is 54.5 Å². The van der Waals surface area contributed by atoms with Crippen molar-refractivity contribution in [3.05, 3.63) is 0 Å². The molecule has 5 amide bonds. The largest absolute Gasteiger partial charge is 0.377 e. The average Bonchev–Trinajstić information content (AvgIpc) is 3.20. The fourth-order valence-corrected chi connectivity index (χ4v) is 6.36. The van der Waals surface area contributed by atoms with Crippen LogP contribution in [0.25, 0.3) is 0 Å². The zero-order valence-corrected chi connectivity index (χ0v) is 37.2. The van der Waals surface area contributed by atoms with E-state index in [0.717, 1.165) is 0 Å². The lowest BCUT2D eigenvalue weighted by Gasteiger charge is -2.31. The van der Waals surface area contributed by atoms with Gasteiger partial charge in [0.2, 0.25) is 29.5 Å². The van der Waals surface area contributed by atoms with Gasteiger partial charge in [-0.3, -0.25) is 28.5 Å². The zero-order chi connectivity index (χ0) is 45.3. The molecule has 3 atom stereocenters. The number of amides is 5. The van der Waals surface area contributed by atoms with Crippen molar-refractivity contribution in [3.8, 4) is 0 Å². The Hall–Kier alpha value is -2.90. The Morgan fingerprint density at radius 3 is 1.43 bits per heavy atom. The van der Waals surface area contributed by atoms with Crippen molar-refractivity contribution < 1.29 is 71.0 Å². The van der Waals surface area contributed by atoms with Gasteiger partial charge in [-0.25, -0.2) is 17.7 Å². The molecule has 0 spiro atoms. The van der Waals surface area contributed by atoms with E-state index in [-0.39, 0.29) is 136 Å². The van der Waals surface area contributed by atoms with E-state index in [4.69, 9.17) is 45.7 Å². The van der Waals surface area contributed by atoms with Crippen LogP contribution < -0.4 is 44.3 Å². The second kappa shape index (κ2) is 33.7. The molecule has 0 rings (SSSR count). The van der Waals surface area contributed by atoms with Crippen molar-refractivity contribution in [1.82, 2.24) is 26.6 Å². The van der Waals surface area contributed by atoms with Crippen LogP contribution in [0.3, 0.4) is 0 Å². The van der Waals surface area contributed by atoms with Crippen LogP contribution in [0, 0.1) is 0 Å². The Balaban J connectivity index is 5.53. The third kappa shape index (κ3) is 30.2. The Morgan fingerprint density at radius 2 is 1.00 bits per heavy atom. The van der Waals surface area contributed by atoms with Crippen molar-refractivity contribution in [1.29, 1.82) is 0 Å². The summed E-state index contributed by atoms with van der Waals surface area (Å²) in [6.45, 7) is 11.3. The summed E-state index contributed by atoms with van der Waals surface area (Å²) in [5, 5.41) is 13.4. The van der Waals surface area contributed by atoms with Crippen LogP contribution >= 0.6 is 7.60 Å². The first kappa shape index (κ1) is 57.1. The van der Waals surface area contributed by atoms with Crippen LogP contribution in [0.5, 0.6) is 0 Å². The highest BCUT2D eigenvalue weighted by atomic mass is 31.2. The number of rotatable bonds is 39. The van der Waals surface area contributed by atoms with E-state index in [1.807, 2.05) is 13.8 Å². The molecule has 0 aliphatic carbocycles. The fourth-order valence-electron chi connectivity index (χ4n) is 5.05. The van der Waals surface area contributed by atoms with E-state index in [1.165, 1.54) is 7.11 Å². The Bertz CT molecular complexity index is 1260. The molecule has 0 fully saturated rings. The monoisotopic (exact) mass is 888 g/mol. The lowest BCUT2D eigenvalue weighted by Crippen LogP contribution is -2.50. The van der Waals surface area contributed by atoms with Gasteiger partial charge in [-0.2, -0.15) is 0 Å². The molecule has 352 valence electrons. The average molecular weight is 889 g/mol. The maximum atomic E-state index is 13.3. The van der Waals surface area contributed by atoms with Gasteiger partial charge in [0.25, 0.3) is 0 Å². The van der Waals surface area contributed by atoms with Crippen LogP contribution in [0.2, 0.25) is 0 Å². The molecular formula is C36H73N8O15P. The van der Waals surface area contributed by atoms with Crippen molar-refractivity contribution in [2.75, 3.05) is 99.0 Å². The second-order valence-corrected chi connectivity index (χ2v) is 16.9. The summed E-state index contributed by atoms with van der Waals surface area (Å²) in [5.41, 5.74) is -1.55. The molecule has 0 radical (unpaired) electrons. The Labute approximate surface area is 353 Å². The van der Waals surface area contributed by atoms with Gasteiger partial charge >= 0.3 is 7.60 Å². The highest BCUT2D eigenvalue weighted by Gasteiger charge is 2.32. The van der Waals surface area contributed by atoms with Gasteiger partial charge in [0.05, 0.1) is 77.3 Å². The topological polar surface area (TPSA) is 324 Å². The van der Waals surface area contributed by atoms with E-state index in [1.54, 1.807) is 20.8 Å². The summed E-state index contributed by atoms with van der Waals surface area (Å²) in [5.74, 6) is 12.4. The van der Waals surface area contributed by atoms with E-state index in [2.05, 4.69) is 41.1 Å². The van der Waals surface area contributed by atoms with Gasteiger partial charge in [0.15, 0.2) is 0 Å². The van der Waals surface area contributed by atoms with E-state index >= 15 is 0 Å². The first-order chi connectivity index (χ1) is 28.5. The predicted molar refractivity (Wildman–Crippen MR) is 218 cm³/mol. The summed E-state index contributed by atoms with van der Waals surface area (Å²) in [6, 6.07) is -2.24. The molecule has 0 heterocycles. The Kier molecular flexibility index (Phi) is 32.1. The molecule has 0 aliphatic rings. The minimum absolute atomic E-state index is 0.0126. The molecule has 11 N–H and O–H groups in total. The minimum Gasteiger partial charge on any atom is -0.377 e. The molecule has 0 saturated carbocycles. The zero-order valence-electron chi connectivity index (χ0n) is 36.3. The summed E-state index contributed by atoms with van der Waals surface area (Å²) in [4.78, 5) is 78.6. The maximum Gasteiger partial charge on any atom is 0.330 e. The van der Waals surface area contributed by atoms with Crippen LogP contribution in [0.15, 0.2) is 0 Å². The molecule has 0 saturated heterocycles. The van der Waals surface area contributed by atoms with Gasteiger partial charge in [0, 0.05) is 52.2 Å². The van der Waals surface area contributed by atoms with Crippen molar-refractivity contribution in [2.45, 2.75) is 103 Å². The number of carbonyl (C=O) groups excluding carboxylic acids is 5. The van der Waals surface area contributed by atoms with E-state index in [0.29, 0.717) is 6.42 Å². The lowest BCUT2D eigenvalue weighted by molar-refractivity contribution is -0.132. The summed E-state index contributed by atoms with van der Waals surface area (Å²) in [7, 11) is -1.88. The highest BCUT2D eigenvalue weighted by molar-refractivity contribution is 7.53. The smallest absolute Gasteiger partial charge is 0.330 e. The number of carbonyl (C=O) groups is 5. The number of hydrogen-bond donors (Lipinski definition) is 8. The molecule has 23 nitrogen and oxygen atoms in total. The van der Waals surface area contributed by atoms with Crippen LogP contribution in [-0.4, -0.2) is 152 Å². The molecule has 3 unspecified atom stereocenters. The van der Waals surface area contributed by atoms with Gasteiger partial charge in [-0.05, 0) is 53.4 Å². The molecule has 0 aromatic rings. The van der Waals surface area contributed by atoms with Crippen molar-refractivity contribution >= 4 is 37.1 Å². The van der Waals surface area contributed by atoms with Crippen LogP contribution in [0.4, 0.5) is 0 Å². The van der Waals surface area contributed by atoms with Gasteiger partial charge in [-0.15, -0.1) is 0 Å². The summed E-state index contributed by atoms with van der Waals surface area (Å²) < 4.78 is 45.4. The maximum absolute atomic E-state index is 13.3. The summed E-state index contributed by atoms with van der Waals surface area (Å²) in [6.07, 6.45) is 0.373. The van der Waals surface area contributed by atoms with Crippen molar-refractivity contribution in [3.63, 3.8) is 0 Å². The van der Waals surface area contributed by atoms with Crippen molar-refractivity contribution in [2.24, 2.45) is 17.7 Å². The van der Waals surface area contributed by atoms with Crippen LogP contribution in [-0.2, 0) is 71.0 Å². The summed E-state index contributed by atoms with van der Waals surface area (Å²) >= 11 is 0. The SMILES string of the molecule is CCP(=O)(OC)OC(C)(C)CCOC(C)(C)CCC(=O)NC(CCC(=O)NC(CCC(=O)NCCOCCON)C(=O)NCCOCCON)C(=O)NCCOCCON. The third-order valence-electron chi connectivity index (χ3n) is 8.52. The number of nitrogens with one attached hydrogen (secondary N) is 5. The number of ether oxygens (including phenoxy) is 4. The quantitative estimate of drug-likeness (QED) is 0.0213. The second-order valence-electron chi connectivity index (χ2n) is 14.5. The first-order valence-electron chi connectivity index (χ1n) is 20.1. The minimum atomic E-state index is -3.23. The number of nitrogens with two attached hydrogens (primary N) is 3. The van der Waals surface area contributed by atoms with E-state index in [9.17, 15) is 28.5 Å². The Morgan fingerprint density at radius 1 is 0.567 bits per heavy atom. The lowest BCUT2D eigenvalue weighted by atomic mass is 10.0. The highest BCUT2D eigenvalue weighted by Crippen LogP contribution is 2.50. The van der Waals surface area contributed by atoms with Gasteiger partial charge < -0.3 is 69.1 Å². The predicted octanol–water partition coefficient (Wildman–Crippen LogP) is -0.794. The first-order valence-corrected chi connectivity index (χ1v) is 21.8. The van der Waals surface area contributed by atoms with Crippen LogP contribution in [0.1, 0.15) is 79.6 Å². The normalized spacial score (nSPS) is 13.8. The molecular weight excluding hydrogens is 815 g/mol. The molecule has 0 aromatic carbocycles. The fraction of sp³-hybridized carbons (Fsp3) is 0.861.